The first-order valence-corrected chi connectivity index (χ1v) is 9.17. The van der Waals surface area contributed by atoms with Crippen molar-refractivity contribution in [1.82, 2.24) is 0 Å². The molecule has 0 atom stereocenters. The number of unbranched alkanes of at least 4 members (excludes halogenated alkanes) is 5. The van der Waals surface area contributed by atoms with Gasteiger partial charge < -0.3 is 14.6 Å². The maximum Gasteiger partial charge on any atom is 0.341 e. The zero-order valence-electron chi connectivity index (χ0n) is 15.8. The van der Waals surface area contributed by atoms with Gasteiger partial charge in [-0.15, -0.1) is 0 Å². The Balaban J connectivity index is 0.000000462. The summed E-state index contributed by atoms with van der Waals surface area (Å²) in [4.78, 5) is 22.0. The molecule has 5 nitrogen and oxygen atoms in total. The minimum atomic E-state index is -0.490. The van der Waals surface area contributed by atoms with E-state index in [1.165, 1.54) is 44.2 Å². The summed E-state index contributed by atoms with van der Waals surface area (Å²) >= 11 is 0. The Hall–Kier alpha value is -2.04. The van der Waals surface area contributed by atoms with Crippen molar-refractivity contribution in [1.29, 1.82) is 0 Å². The van der Waals surface area contributed by atoms with Gasteiger partial charge in [0.1, 0.15) is 11.3 Å². The lowest BCUT2D eigenvalue weighted by Crippen LogP contribution is -2.04. The third-order valence-electron chi connectivity index (χ3n) is 3.44. The molecule has 5 heteroatoms. The Kier molecular flexibility index (Phi) is 14.2. The van der Waals surface area contributed by atoms with E-state index in [9.17, 15) is 14.7 Å². The van der Waals surface area contributed by atoms with Gasteiger partial charge in [-0.2, -0.15) is 0 Å². The lowest BCUT2D eigenvalue weighted by Gasteiger charge is -2.02. The molecule has 0 fully saturated rings. The van der Waals surface area contributed by atoms with E-state index in [1.807, 2.05) is 6.92 Å². The number of aromatic hydroxyl groups is 1. The van der Waals surface area contributed by atoms with Crippen molar-refractivity contribution in [2.45, 2.75) is 65.7 Å². The first-order valence-electron chi connectivity index (χ1n) is 9.17. The molecule has 1 aromatic rings. The summed E-state index contributed by atoms with van der Waals surface area (Å²) in [5.74, 6) is -0.579. The third kappa shape index (κ3) is 12.0. The number of hydrogen-bond donors (Lipinski definition) is 1. The number of hydrogen-bond acceptors (Lipinski definition) is 5. The molecule has 1 aromatic carbocycles. The second kappa shape index (κ2) is 15.5. The summed E-state index contributed by atoms with van der Waals surface area (Å²) in [6, 6.07) is 6.30. The number of phenols is 1. The summed E-state index contributed by atoms with van der Waals surface area (Å²) in [7, 11) is 0. The van der Waals surface area contributed by atoms with Crippen LogP contribution in [-0.4, -0.2) is 30.3 Å². The van der Waals surface area contributed by atoms with Crippen molar-refractivity contribution >= 4 is 11.9 Å². The molecule has 0 heterocycles. The van der Waals surface area contributed by atoms with E-state index in [2.05, 4.69) is 6.92 Å². The van der Waals surface area contributed by atoms with E-state index in [0.717, 1.165) is 6.42 Å². The molecule has 0 aliphatic carbocycles. The number of ether oxygens (including phenoxy) is 2. The lowest BCUT2D eigenvalue weighted by molar-refractivity contribution is -0.143. The topological polar surface area (TPSA) is 72.8 Å². The minimum absolute atomic E-state index is 0.0435. The highest BCUT2D eigenvalue weighted by Crippen LogP contribution is 2.16. The van der Waals surface area contributed by atoms with E-state index in [1.54, 1.807) is 19.1 Å². The highest BCUT2D eigenvalue weighted by Gasteiger charge is 2.09. The first-order chi connectivity index (χ1) is 12.1. The van der Waals surface area contributed by atoms with Crippen molar-refractivity contribution in [3.63, 3.8) is 0 Å². The molecule has 0 unspecified atom stereocenters. The molecule has 0 saturated heterocycles. The molecule has 142 valence electrons. The average Bonchev–Trinajstić information content (AvgIpc) is 2.59. The lowest BCUT2D eigenvalue weighted by atomic mass is 10.1. The predicted octanol–water partition coefficient (Wildman–Crippen LogP) is 4.87. The maximum absolute atomic E-state index is 11.1. The summed E-state index contributed by atoms with van der Waals surface area (Å²) in [6.45, 7) is 6.59. The molecule has 25 heavy (non-hydrogen) atoms. The van der Waals surface area contributed by atoms with Crippen LogP contribution in [0.4, 0.5) is 0 Å². The van der Waals surface area contributed by atoms with E-state index < -0.39 is 5.97 Å². The largest absolute Gasteiger partial charge is 0.507 e. The highest BCUT2D eigenvalue weighted by atomic mass is 16.5. The Bertz CT molecular complexity index is 485. The van der Waals surface area contributed by atoms with Gasteiger partial charge in [0.05, 0.1) is 13.2 Å². The fourth-order valence-electron chi connectivity index (χ4n) is 2.14. The van der Waals surface area contributed by atoms with Crippen molar-refractivity contribution in [2.24, 2.45) is 0 Å². The van der Waals surface area contributed by atoms with Gasteiger partial charge >= 0.3 is 11.9 Å². The van der Waals surface area contributed by atoms with Crippen LogP contribution in [0.1, 0.15) is 76.1 Å². The van der Waals surface area contributed by atoms with E-state index in [0.29, 0.717) is 19.6 Å². The number of carbonyl (C=O) groups excluding carboxylic acids is 2. The summed E-state index contributed by atoms with van der Waals surface area (Å²) in [6.07, 6.45) is 7.91. The van der Waals surface area contributed by atoms with E-state index in [-0.39, 0.29) is 17.3 Å². The average molecular weight is 352 g/mol. The molecular weight excluding hydrogens is 320 g/mol. The van der Waals surface area contributed by atoms with Gasteiger partial charge in [-0.25, -0.2) is 4.79 Å². The molecule has 0 bridgehead atoms. The van der Waals surface area contributed by atoms with Crippen LogP contribution in [0.25, 0.3) is 0 Å². The molecule has 0 spiro atoms. The number of para-hydroxylation sites is 1. The van der Waals surface area contributed by atoms with Gasteiger partial charge in [-0.05, 0) is 32.4 Å². The van der Waals surface area contributed by atoms with Gasteiger partial charge in [0.25, 0.3) is 0 Å². The minimum Gasteiger partial charge on any atom is -0.507 e. The fourth-order valence-corrected chi connectivity index (χ4v) is 2.14. The highest BCUT2D eigenvalue weighted by molar-refractivity contribution is 5.92. The number of rotatable bonds is 10. The fraction of sp³-hybridized carbons (Fsp3) is 0.600. The molecule has 1 N–H and O–H groups in total. The van der Waals surface area contributed by atoms with Crippen molar-refractivity contribution in [2.75, 3.05) is 13.2 Å². The maximum atomic E-state index is 11.1. The third-order valence-corrected chi connectivity index (χ3v) is 3.44. The van der Waals surface area contributed by atoms with Crippen LogP contribution < -0.4 is 0 Å². The summed E-state index contributed by atoms with van der Waals surface area (Å²) in [5.41, 5.74) is 0.208. The monoisotopic (exact) mass is 352 g/mol. The van der Waals surface area contributed by atoms with Gasteiger partial charge in [-0.3, -0.25) is 4.79 Å². The molecule has 0 aliphatic rings. The van der Waals surface area contributed by atoms with Crippen LogP contribution in [0.3, 0.4) is 0 Å². The van der Waals surface area contributed by atoms with Gasteiger partial charge in [0.2, 0.25) is 0 Å². The normalized spacial score (nSPS) is 9.72. The summed E-state index contributed by atoms with van der Waals surface area (Å²) < 4.78 is 9.54. The molecular formula is C20H32O5. The smallest absolute Gasteiger partial charge is 0.341 e. The van der Waals surface area contributed by atoms with Crippen molar-refractivity contribution in [3.8, 4) is 5.75 Å². The van der Waals surface area contributed by atoms with Crippen molar-refractivity contribution in [3.05, 3.63) is 29.8 Å². The van der Waals surface area contributed by atoms with Crippen LogP contribution in [0, 0.1) is 0 Å². The zero-order valence-corrected chi connectivity index (χ0v) is 15.8. The van der Waals surface area contributed by atoms with Crippen LogP contribution in [0.2, 0.25) is 0 Å². The van der Waals surface area contributed by atoms with Crippen LogP contribution >= 0.6 is 0 Å². The number of phenolic OH excluding ortho intramolecular Hbond substituents is 1. The Morgan fingerprint density at radius 2 is 1.48 bits per heavy atom. The summed E-state index contributed by atoms with van der Waals surface area (Å²) in [5, 5.41) is 9.21. The number of esters is 2. The van der Waals surface area contributed by atoms with Crippen molar-refractivity contribution < 1.29 is 24.2 Å². The number of carbonyl (C=O) groups is 2. The second-order valence-corrected chi connectivity index (χ2v) is 5.56. The van der Waals surface area contributed by atoms with E-state index in [4.69, 9.17) is 9.47 Å². The molecule has 0 saturated carbocycles. The van der Waals surface area contributed by atoms with E-state index >= 15 is 0 Å². The molecule has 0 aromatic heterocycles. The Morgan fingerprint density at radius 1 is 0.880 bits per heavy atom. The van der Waals surface area contributed by atoms with Crippen LogP contribution in [0.15, 0.2) is 24.3 Å². The quantitative estimate of drug-likeness (QED) is 0.480. The first kappa shape index (κ1) is 23.0. The Morgan fingerprint density at radius 3 is 2.08 bits per heavy atom. The standard InChI is InChI=1S/C11H22O2.C9H10O3/c1-3-5-6-7-8-9-10-11(12)13-4-2;1-2-12-9(11)7-5-3-4-6-8(7)10/h3-10H2,1-2H3;3-6,10H,2H2,1H3. The van der Waals surface area contributed by atoms with Crippen LogP contribution in [0.5, 0.6) is 5.75 Å². The zero-order chi connectivity index (χ0) is 18.9. The second-order valence-electron chi connectivity index (χ2n) is 5.56. The molecule has 0 radical (unpaired) electrons. The Labute approximate surface area is 151 Å². The molecule has 0 aliphatic heterocycles. The SMILES string of the molecule is CCCCCCCCC(=O)OCC.CCOC(=O)c1ccccc1O. The molecule has 0 amide bonds. The predicted molar refractivity (Wildman–Crippen MR) is 98.7 cm³/mol. The molecule has 1 rings (SSSR count). The van der Waals surface area contributed by atoms with Crippen LogP contribution in [-0.2, 0) is 14.3 Å². The van der Waals surface area contributed by atoms with Gasteiger partial charge in [0.15, 0.2) is 0 Å². The van der Waals surface area contributed by atoms with Gasteiger partial charge in [0, 0.05) is 6.42 Å². The van der Waals surface area contributed by atoms with Gasteiger partial charge in [-0.1, -0.05) is 51.2 Å². The number of benzene rings is 1.